The summed E-state index contributed by atoms with van der Waals surface area (Å²) in [7, 11) is 1.46. The molecule has 11 nitrogen and oxygen atoms in total. The minimum absolute atomic E-state index is 0.128. The zero-order valence-electron chi connectivity index (χ0n) is 14.4. The standard InChI is InChI=1S/C13H19BN5O6P/c1-18(2)12(21)8-7-11(16-4-15-8)19(5-17-7)13-9(20)10-6(24-13)3-23-26(14,22)25-10/h4-6,9-10,13,20,22,26H,3,14H2,1-2H3/t6-,9+,10+,13-/m1/s1. The first-order chi connectivity index (χ1) is 12.3. The average molecular weight is 383 g/mol. The van der Waals surface area contributed by atoms with Crippen LogP contribution in [0.2, 0.25) is 0 Å². The van der Waals surface area contributed by atoms with Crippen molar-refractivity contribution < 1.29 is 28.6 Å². The molecule has 0 aromatic carbocycles. The molecule has 4 heterocycles. The molecule has 26 heavy (non-hydrogen) atoms. The fourth-order valence-electron chi connectivity index (χ4n) is 3.16. The van der Waals surface area contributed by atoms with E-state index in [2.05, 4.69) is 15.0 Å². The molecule has 4 atom stereocenters. The Labute approximate surface area is 149 Å². The summed E-state index contributed by atoms with van der Waals surface area (Å²) in [5, 5.41) is 10.7. The molecule has 1 amide bonds. The van der Waals surface area contributed by atoms with Gasteiger partial charge in [-0.1, -0.05) is 0 Å². The van der Waals surface area contributed by atoms with Gasteiger partial charge >= 0.3 is 149 Å². The van der Waals surface area contributed by atoms with Gasteiger partial charge < -0.3 is 0 Å². The quantitative estimate of drug-likeness (QED) is 0.457. The van der Waals surface area contributed by atoms with Crippen LogP contribution in [0, 0.1) is 0 Å². The van der Waals surface area contributed by atoms with E-state index in [4.69, 9.17) is 13.8 Å². The predicted octanol–water partition coefficient (Wildman–Crippen LogP) is -1.76. The van der Waals surface area contributed by atoms with Crippen LogP contribution in [-0.4, -0.2) is 86.9 Å². The second-order valence-corrected chi connectivity index (χ2v) is 8.91. The number of carbonyl (C=O) groups excluding carboxylic acids is 1. The fourth-order valence-corrected chi connectivity index (χ4v) is 4.50. The van der Waals surface area contributed by atoms with E-state index in [1.54, 1.807) is 14.1 Å². The van der Waals surface area contributed by atoms with Crippen molar-refractivity contribution in [1.29, 1.82) is 0 Å². The monoisotopic (exact) mass is 383 g/mol. The molecule has 2 aliphatic rings. The molecule has 0 spiro atoms. The molecule has 4 rings (SSSR count). The van der Waals surface area contributed by atoms with Crippen molar-refractivity contribution in [3.63, 3.8) is 0 Å². The Morgan fingerprint density at radius 3 is 2.92 bits per heavy atom. The zero-order chi connectivity index (χ0) is 18.6. The van der Waals surface area contributed by atoms with Gasteiger partial charge in [0.25, 0.3) is 0 Å². The van der Waals surface area contributed by atoms with Crippen molar-refractivity contribution in [3.05, 3.63) is 18.3 Å². The summed E-state index contributed by atoms with van der Waals surface area (Å²) in [6, 6.07) is 0. The molecule has 0 radical (unpaired) electrons. The molecule has 13 heteroatoms. The summed E-state index contributed by atoms with van der Waals surface area (Å²) < 4.78 is 18.2. The van der Waals surface area contributed by atoms with E-state index in [1.165, 1.54) is 29.7 Å². The zero-order valence-corrected chi connectivity index (χ0v) is 15.4. The van der Waals surface area contributed by atoms with Crippen LogP contribution in [-0.2, 0) is 13.8 Å². The van der Waals surface area contributed by atoms with Crippen molar-refractivity contribution in [3.8, 4) is 0 Å². The van der Waals surface area contributed by atoms with E-state index < -0.39 is 32.4 Å². The normalized spacial score (nSPS) is 31.5. The number of aromatic nitrogens is 4. The summed E-state index contributed by atoms with van der Waals surface area (Å²) >= 11 is 0. The van der Waals surface area contributed by atoms with Crippen molar-refractivity contribution in [2.75, 3.05) is 20.7 Å². The third kappa shape index (κ3) is 2.79. The van der Waals surface area contributed by atoms with Gasteiger partial charge in [0.15, 0.2) is 0 Å². The van der Waals surface area contributed by atoms with Crippen LogP contribution in [0.25, 0.3) is 11.2 Å². The van der Waals surface area contributed by atoms with Crippen molar-refractivity contribution >= 4 is 32.5 Å². The molecule has 2 aromatic heterocycles. The van der Waals surface area contributed by atoms with Crippen LogP contribution in [0.4, 0.5) is 0 Å². The number of imidazole rings is 1. The van der Waals surface area contributed by atoms with Crippen molar-refractivity contribution in [2.45, 2.75) is 24.5 Å². The molecule has 0 aliphatic carbocycles. The van der Waals surface area contributed by atoms with Crippen LogP contribution in [0.5, 0.6) is 0 Å². The van der Waals surface area contributed by atoms with Gasteiger partial charge in [0.05, 0.1) is 0 Å². The van der Waals surface area contributed by atoms with Crippen LogP contribution >= 0.6 is 7.82 Å². The molecule has 0 unspecified atom stereocenters. The summed E-state index contributed by atoms with van der Waals surface area (Å²) in [6.07, 6.45) is -0.416. The number of hydrogen-bond acceptors (Lipinski definition) is 9. The Morgan fingerprint density at radius 1 is 1.42 bits per heavy atom. The van der Waals surface area contributed by atoms with Crippen LogP contribution in [0.1, 0.15) is 16.7 Å². The van der Waals surface area contributed by atoms with E-state index >= 15 is 0 Å². The Hall–Kier alpha value is -1.69. The van der Waals surface area contributed by atoms with E-state index in [1.807, 2.05) is 0 Å². The van der Waals surface area contributed by atoms with Crippen LogP contribution in [0.15, 0.2) is 12.7 Å². The van der Waals surface area contributed by atoms with Gasteiger partial charge in [-0.15, -0.1) is 0 Å². The molecule has 2 aromatic rings. The Morgan fingerprint density at radius 2 is 2.19 bits per heavy atom. The number of aliphatic hydroxyl groups is 1. The second-order valence-electron chi connectivity index (χ2n) is 6.59. The van der Waals surface area contributed by atoms with Gasteiger partial charge in [0.1, 0.15) is 0 Å². The second kappa shape index (κ2) is 6.19. The van der Waals surface area contributed by atoms with Gasteiger partial charge in [-0.05, 0) is 0 Å². The Kier molecular flexibility index (Phi) is 4.22. The maximum absolute atomic E-state index is 12.3. The van der Waals surface area contributed by atoms with Gasteiger partial charge in [-0.3, -0.25) is 0 Å². The molecule has 2 N–H and O–H groups in total. The van der Waals surface area contributed by atoms with E-state index in [0.717, 1.165) is 0 Å². The number of aliphatic hydroxyl groups excluding tert-OH is 1. The molecule has 2 fully saturated rings. The average Bonchev–Trinajstić information content (AvgIpc) is 3.15. The number of ether oxygens (including phenoxy) is 1. The number of hydrogen-bond donors (Lipinski definition) is 2. The maximum atomic E-state index is 12.3. The molecule has 0 saturated carbocycles. The van der Waals surface area contributed by atoms with Crippen LogP contribution < -0.4 is 0 Å². The Balaban J connectivity index is 1.70. The van der Waals surface area contributed by atoms with Crippen LogP contribution in [0.3, 0.4) is 0 Å². The number of carbonyl (C=O) groups is 1. The van der Waals surface area contributed by atoms with Gasteiger partial charge in [-0.2, -0.15) is 0 Å². The third-order valence-corrected chi connectivity index (χ3v) is 5.83. The summed E-state index contributed by atoms with van der Waals surface area (Å²) in [4.78, 5) is 36.1. The van der Waals surface area contributed by atoms with Gasteiger partial charge in [0, 0.05) is 0 Å². The van der Waals surface area contributed by atoms with Gasteiger partial charge in [0.2, 0.25) is 0 Å². The molecule has 2 aliphatic heterocycles. The molecule has 2 saturated heterocycles. The summed E-state index contributed by atoms with van der Waals surface area (Å²) in [5.74, 6) is -0.303. The third-order valence-electron chi connectivity index (χ3n) is 4.42. The van der Waals surface area contributed by atoms with Crippen molar-refractivity contribution in [2.24, 2.45) is 0 Å². The number of fused-ring (bicyclic) bond motifs is 2. The Bertz CT molecular complexity index is 863. The molecule has 0 bridgehead atoms. The van der Waals surface area contributed by atoms with E-state index in [0.29, 0.717) is 11.2 Å². The predicted molar refractivity (Wildman–Crippen MR) is 93.2 cm³/mol. The van der Waals surface area contributed by atoms with Gasteiger partial charge in [-0.25, -0.2) is 0 Å². The molecular weight excluding hydrogens is 364 g/mol. The first kappa shape index (κ1) is 17.7. The summed E-state index contributed by atoms with van der Waals surface area (Å²) in [5.41, 5.74) is 0.840. The number of amides is 1. The number of rotatable bonds is 2. The molecule has 140 valence electrons. The first-order valence-corrected chi connectivity index (χ1v) is 10.3. The van der Waals surface area contributed by atoms with E-state index in [9.17, 15) is 14.8 Å². The van der Waals surface area contributed by atoms with E-state index in [-0.39, 0.29) is 18.2 Å². The number of nitrogens with zero attached hydrogens (tertiary/aromatic N) is 5. The molecular formula is C13H19BN5O6P. The fraction of sp³-hybridized carbons (Fsp3) is 0.538. The summed E-state index contributed by atoms with van der Waals surface area (Å²) in [6.45, 7) is 0.128. The first-order valence-electron chi connectivity index (χ1n) is 8.05. The SMILES string of the molecule is B[PH]1(O)OC[C@H]2O[C@@H](n3cnc4c(C(=O)N(C)C)ncnc43)[C@@H](O)[C@H]2O1. The topological polar surface area (TPSA) is 132 Å². The van der Waals surface area contributed by atoms with Crippen molar-refractivity contribution in [1.82, 2.24) is 24.4 Å². The minimum atomic E-state index is -3.26.